The van der Waals surface area contributed by atoms with E-state index < -0.39 is 10.0 Å². The molecule has 2 rings (SSSR count). The number of aryl methyl sites for hydroxylation is 2. The van der Waals surface area contributed by atoms with E-state index in [2.05, 4.69) is 17.0 Å². The van der Waals surface area contributed by atoms with Crippen LogP contribution in [0.2, 0.25) is 0 Å². The summed E-state index contributed by atoms with van der Waals surface area (Å²) in [7, 11) is -1.54. The predicted octanol–water partition coefficient (Wildman–Crippen LogP) is 1.71. The molecule has 19 heavy (non-hydrogen) atoms. The highest BCUT2D eigenvalue weighted by molar-refractivity contribution is 7.89. The molecule has 0 aliphatic heterocycles. The molecule has 1 saturated carbocycles. The molecule has 2 N–H and O–H groups in total. The monoisotopic (exact) mass is 282 g/mol. The predicted molar refractivity (Wildman–Crippen MR) is 76.6 cm³/mol. The lowest BCUT2D eigenvalue weighted by Gasteiger charge is -2.13. The van der Waals surface area contributed by atoms with Gasteiger partial charge in [0.05, 0.1) is 4.90 Å². The number of hydrogen-bond donors (Lipinski definition) is 2. The summed E-state index contributed by atoms with van der Waals surface area (Å²) in [5.74, 6) is 0.456. The minimum absolute atomic E-state index is 0.110. The van der Waals surface area contributed by atoms with Gasteiger partial charge >= 0.3 is 0 Å². The minimum Gasteiger partial charge on any atom is -0.316 e. The van der Waals surface area contributed by atoms with Crippen LogP contribution in [-0.2, 0) is 16.6 Å². The molecule has 0 saturated heterocycles. The van der Waals surface area contributed by atoms with Crippen LogP contribution in [0.5, 0.6) is 0 Å². The van der Waals surface area contributed by atoms with Gasteiger partial charge in [0.1, 0.15) is 0 Å². The second kappa shape index (κ2) is 5.23. The molecule has 0 radical (unpaired) electrons. The van der Waals surface area contributed by atoms with E-state index in [1.807, 2.05) is 27.0 Å². The third kappa shape index (κ3) is 3.16. The highest BCUT2D eigenvalue weighted by Gasteiger charge is 2.36. The highest BCUT2D eigenvalue weighted by atomic mass is 32.2. The molecule has 0 amide bonds. The quantitative estimate of drug-likeness (QED) is 0.864. The maximum atomic E-state index is 12.4. The van der Waals surface area contributed by atoms with Crippen LogP contribution in [0.1, 0.15) is 30.0 Å². The van der Waals surface area contributed by atoms with Crippen molar-refractivity contribution in [3.05, 3.63) is 28.8 Å². The lowest BCUT2D eigenvalue weighted by atomic mass is 10.1. The summed E-state index contributed by atoms with van der Waals surface area (Å²) in [6, 6.07) is 3.84. The Labute approximate surface area is 115 Å². The van der Waals surface area contributed by atoms with E-state index in [4.69, 9.17) is 0 Å². The van der Waals surface area contributed by atoms with Gasteiger partial charge in [-0.3, -0.25) is 0 Å². The number of sulfonamides is 1. The Balaban J connectivity index is 2.35. The Morgan fingerprint density at radius 1 is 1.26 bits per heavy atom. The summed E-state index contributed by atoms with van der Waals surface area (Å²) in [6.45, 7) is 6.59. The van der Waals surface area contributed by atoms with Gasteiger partial charge in [0.25, 0.3) is 0 Å². The zero-order chi connectivity index (χ0) is 14.2. The van der Waals surface area contributed by atoms with Crippen LogP contribution in [0.3, 0.4) is 0 Å². The smallest absolute Gasteiger partial charge is 0.241 e. The summed E-state index contributed by atoms with van der Waals surface area (Å²) < 4.78 is 27.5. The molecule has 0 spiro atoms. The Hall–Kier alpha value is -0.910. The fourth-order valence-electron chi connectivity index (χ4n) is 2.29. The van der Waals surface area contributed by atoms with Gasteiger partial charge in [-0.05, 0) is 56.0 Å². The molecule has 0 bridgehead atoms. The first-order valence-corrected chi connectivity index (χ1v) is 8.10. The topological polar surface area (TPSA) is 58.2 Å². The maximum absolute atomic E-state index is 12.4. The molecule has 2 unspecified atom stereocenters. The van der Waals surface area contributed by atoms with Crippen LogP contribution in [-0.4, -0.2) is 21.5 Å². The van der Waals surface area contributed by atoms with E-state index in [0.717, 1.165) is 23.1 Å². The zero-order valence-corrected chi connectivity index (χ0v) is 12.8. The average Bonchev–Trinajstić information content (AvgIpc) is 2.97. The van der Waals surface area contributed by atoms with Crippen molar-refractivity contribution in [1.82, 2.24) is 10.0 Å². The second-order valence-corrected chi connectivity index (χ2v) is 7.20. The molecule has 1 aliphatic carbocycles. The molecule has 4 nitrogen and oxygen atoms in total. The van der Waals surface area contributed by atoms with E-state index in [1.165, 1.54) is 0 Å². The van der Waals surface area contributed by atoms with Crippen molar-refractivity contribution < 1.29 is 8.42 Å². The Bertz CT molecular complexity index is 581. The first kappa shape index (κ1) is 14.5. The first-order chi connectivity index (χ1) is 8.85. The minimum atomic E-state index is -3.40. The number of benzene rings is 1. The van der Waals surface area contributed by atoms with Gasteiger partial charge in [0, 0.05) is 12.6 Å². The van der Waals surface area contributed by atoms with Gasteiger partial charge in [-0.25, -0.2) is 13.1 Å². The van der Waals surface area contributed by atoms with E-state index in [-0.39, 0.29) is 6.04 Å². The van der Waals surface area contributed by atoms with Crippen molar-refractivity contribution in [3.63, 3.8) is 0 Å². The lowest BCUT2D eigenvalue weighted by molar-refractivity contribution is 0.577. The van der Waals surface area contributed by atoms with Gasteiger partial charge in [0.2, 0.25) is 10.0 Å². The maximum Gasteiger partial charge on any atom is 0.241 e. The second-order valence-electron chi connectivity index (χ2n) is 5.52. The summed E-state index contributed by atoms with van der Waals surface area (Å²) >= 11 is 0. The van der Waals surface area contributed by atoms with Crippen LogP contribution in [0.25, 0.3) is 0 Å². The van der Waals surface area contributed by atoms with Gasteiger partial charge in [-0.1, -0.05) is 13.0 Å². The fourth-order valence-corrected chi connectivity index (χ4v) is 3.93. The molecule has 0 aromatic heterocycles. The number of rotatable bonds is 5. The van der Waals surface area contributed by atoms with Crippen LogP contribution in [0.15, 0.2) is 17.0 Å². The van der Waals surface area contributed by atoms with Crippen LogP contribution >= 0.6 is 0 Å². The first-order valence-electron chi connectivity index (χ1n) is 6.62. The number of hydrogen-bond acceptors (Lipinski definition) is 3. The normalized spacial score (nSPS) is 22.5. The van der Waals surface area contributed by atoms with Crippen molar-refractivity contribution in [2.75, 3.05) is 7.05 Å². The van der Waals surface area contributed by atoms with E-state index >= 15 is 0 Å². The fraction of sp³-hybridized carbons (Fsp3) is 0.571. The van der Waals surface area contributed by atoms with Crippen molar-refractivity contribution >= 4 is 10.0 Å². The van der Waals surface area contributed by atoms with E-state index in [1.54, 1.807) is 6.07 Å². The van der Waals surface area contributed by atoms with Gasteiger partial charge < -0.3 is 5.32 Å². The van der Waals surface area contributed by atoms with Crippen molar-refractivity contribution in [2.24, 2.45) is 5.92 Å². The Kier molecular flexibility index (Phi) is 3.99. The molecule has 0 heterocycles. The van der Waals surface area contributed by atoms with Crippen molar-refractivity contribution in [1.29, 1.82) is 0 Å². The Morgan fingerprint density at radius 2 is 1.89 bits per heavy atom. The number of nitrogens with one attached hydrogen (secondary N) is 2. The molecule has 1 fully saturated rings. The van der Waals surface area contributed by atoms with E-state index in [0.29, 0.717) is 17.4 Å². The molecular weight excluding hydrogens is 260 g/mol. The lowest BCUT2D eigenvalue weighted by Crippen LogP contribution is -2.27. The molecule has 1 aromatic carbocycles. The summed E-state index contributed by atoms with van der Waals surface area (Å²) in [5.41, 5.74) is 2.95. The summed E-state index contributed by atoms with van der Waals surface area (Å²) in [5, 5.41) is 3.07. The van der Waals surface area contributed by atoms with Crippen molar-refractivity contribution in [2.45, 2.75) is 44.7 Å². The highest BCUT2D eigenvalue weighted by Crippen LogP contribution is 2.31. The third-order valence-electron chi connectivity index (χ3n) is 3.71. The van der Waals surface area contributed by atoms with E-state index in [9.17, 15) is 8.42 Å². The third-order valence-corrected chi connectivity index (χ3v) is 5.34. The molecular formula is C14H22N2O2S. The van der Waals surface area contributed by atoms with Crippen LogP contribution in [0, 0.1) is 19.8 Å². The molecule has 5 heteroatoms. The van der Waals surface area contributed by atoms with Crippen LogP contribution < -0.4 is 10.0 Å². The summed E-state index contributed by atoms with van der Waals surface area (Å²) in [6.07, 6.45) is 0.938. The van der Waals surface area contributed by atoms with Gasteiger partial charge in [-0.2, -0.15) is 0 Å². The SMILES string of the molecule is CNCc1cc(S(=O)(=O)NC2CC2C)c(C)cc1C. The summed E-state index contributed by atoms with van der Waals surface area (Å²) in [4.78, 5) is 0.405. The zero-order valence-electron chi connectivity index (χ0n) is 11.9. The van der Waals surface area contributed by atoms with Gasteiger partial charge in [-0.15, -0.1) is 0 Å². The molecule has 1 aliphatic rings. The van der Waals surface area contributed by atoms with Crippen molar-refractivity contribution in [3.8, 4) is 0 Å². The van der Waals surface area contributed by atoms with Crippen LogP contribution in [0.4, 0.5) is 0 Å². The van der Waals surface area contributed by atoms with Gasteiger partial charge in [0.15, 0.2) is 0 Å². The average molecular weight is 282 g/mol. The molecule has 106 valence electrons. The Morgan fingerprint density at radius 3 is 2.42 bits per heavy atom. The largest absolute Gasteiger partial charge is 0.316 e. The standard InChI is InChI=1S/C14H22N2O2S/c1-9-5-11(3)14(7-12(9)8-15-4)19(17,18)16-13-6-10(13)2/h5,7,10,13,15-16H,6,8H2,1-4H3. The molecule has 1 aromatic rings. The molecule has 2 atom stereocenters.